The number of benzene rings is 1. The number of anilines is 1. The Hall–Kier alpha value is -1.55. The Morgan fingerprint density at radius 3 is 2.65 bits per heavy atom. The van der Waals surface area contributed by atoms with Gasteiger partial charge in [0, 0.05) is 31.0 Å². The molecular formula is C12H14ClNO3. The molecule has 5 heteroatoms. The van der Waals surface area contributed by atoms with Gasteiger partial charge in [-0.2, -0.15) is 0 Å². The van der Waals surface area contributed by atoms with Crippen LogP contribution < -0.4 is 5.32 Å². The molecule has 4 nitrogen and oxygen atoms in total. The van der Waals surface area contributed by atoms with Crippen molar-refractivity contribution in [2.24, 2.45) is 0 Å². The molecule has 0 unspecified atom stereocenters. The monoisotopic (exact) mass is 255 g/mol. The van der Waals surface area contributed by atoms with Gasteiger partial charge in [-0.15, -0.1) is 0 Å². The van der Waals surface area contributed by atoms with Crippen molar-refractivity contribution in [3.05, 3.63) is 28.8 Å². The second-order valence-corrected chi connectivity index (χ2v) is 4.01. The molecule has 1 N–H and O–H groups in total. The van der Waals surface area contributed by atoms with Gasteiger partial charge in [0.05, 0.1) is 6.61 Å². The van der Waals surface area contributed by atoms with Gasteiger partial charge in [-0.25, -0.2) is 0 Å². The Bertz CT molecular complexity index is 432. The molecule has 0 spiro atoms. The highest BCUT2D eigenvalue weighted by molar-refractivity contribution is 6.31. The fraction of sp³-hybridized carbons (Fsp3) is 0.333. The summed E-state index contributed by atoms with van der Waals surface area (Å²) in [6.45, 7) is 3.07. The topological polar surface area (TPSA) is 55.4 Å². The van der Waals surface area contributed by atoms with Crippen molar-refractivity contribution in [2.45, 2.75) is 20.3 Å². The van der Waals surface area contributed by atoms with Crippen molar-refractivity contribution in [3.8, 4) is 0 Å². The lowest BCUT2D eigenvalue weighted by molar-refractivity contribution is -0.140. The van der Waals surface area contributed by atoms with E-state index in [1.807, 2.05) is 0 Å². The van der Waals surface area contributed by atoms with E-state index in [1.54, 1.807) is 18.2 Å². The third-order valence-electron chi connectivity index (χ3n) is 2.06. The van der Waals surface area contributed by atoms with Gasteiger partial charge in [0.15, 0.2) is 0 Å². The third-order valence-corrected chi connectivity index (χ3v) is 2.29. The first-order valence-corrected chi connectivity index (χ1v) is 5.56. The normalized spacial score (nSPS) is 9.82. The molecule has 92 valence electrons. The van der Waals surface area contributed by atoms with E-state index < -0.39 is 0 Å². The Morgan fingerprint density at radius 1 is 1.35 bits per heavy atom. The van der Waals surface area contributed by atoms with Gasteiger partial charge in [-0.05, 0) is 17.7 Å². The van der Waals surface area contributed by atoms with Crippen LogP contribution in [0.1, 0.15) is 19.4 Å². The van der Waals surface area contributed by atoms with Crippen LogP contribution in [0.3, 0.4) is 0 Å². The van der Waals surface area contributed by atoms with Gasteiger partial charge >= 0.3 is 5.97 Å². The number of carbonyl (C=O) groups excluding carboxylic acids is 2. The van der Waals surface area contributed by atoms with E-state index in [9.17, 15) is 9.59 Å². The summed E-state index contributed by atoms with van der Waals surface area (Å²) in [6, 6.07) is 5.21. The van der Waals surface area contributed by atoms with E-state index in [0.717, 1.165) is 5.56 Å². The molecule has 1 rings (SSSR count). The molecule has 0 aromatic heterocycles. The van der Waals surface area contributed by atoms with Crippen LogP contribution in [0.4, 0.5) is 5.69 Å². The molecule has 0 saturated carbocycles. The lowest BCUT2D eigenvalue weighted by atomic mass is 10.1. The van der Waals surface area contributed by atoms with Crippen molar-refractivity contribution < 1.29 is 14.3 Å². The zero-order valence-electron chi connectivity index (χ0n) is 9.75. The minimum Gasteiger partial charge on any atom is -0.466 e. The van der Waals surface area contributed by atoms with Gasteiger partial charge in [-0.3, -0.25) is 9.59 Å². The molecule has 0 aliphatic heterocycles. The predicted molar refractivity (Wildman–Crippen MR) is 66.1 cm³/mol. The second kappa shape index (κ2) is 6.25. The van der Waals surface area contributed by atoms with Crippen molar-refractivity contribution >= 4 is 29.2 Å². The molecule has 1 aromatic rings. The second-order valence-electron chi connectivity index (χ2n) is 3.57. The molecule has 0 saturated heterocycles. The fourth-order valence-electron chi connectivity index (χ4n) is 1.38. The van der Waals surface area contributed by atoms with Crippen LogP contribution in [0, 0.1) is 0 Å². The highest BCUT2D eigenvalue weighted by Crippen LogP contribution is 2.21. The molecule has 0 aliphatic carbocycles. The van der Waals surface area contributed by atoms with Crippen LogP contribution in [0.5, 0.6) is 0 Å². The number of hydrogen-bond acceptors (Lipinski definition) is 3. The summed E-state index contributed by atoms with van der Waals surface area (Å²) >= 11 is 5.85. The van der Waals surface area contributed by atoms with Gasteiger partial charge in [0.25, 0.3) is 0 Å². The summed E-state index contributed by atoms with van der Waals surface area (Å²) in [6.07, 6.45) is 0.534. The molecule has 0 radical (unpaired) electrons. The van der Waals surface area contributed by atoms with Crippen LogP contribution in [0.15, 0.2) is 18.2 Å². The quantitative estimate of drug-likeness (QED) is 0.841. The molecule has 1 aromatic carbocycles. The van der Waals surface area contributed by atoms with Crippen molar-refractivity contribution in [2.75, 3.05) is 11.9 Å². The van der Waals surface area contributed by atoms with Crippen molar-refractivity contribution in [3.63, 3.8) is 0 Å². The molecule has 0 aliphatic rings. The van der Waals surface area contributed by atoms with Crippen LogP contribution >= 0.6 is 11.6 Å². The Morgan fingerprint density at radius 2 is 2.06 bits per heavy atom. The molecule has 0 heterocycles. The third kappa shape index (κ3) is 4.87. The smallest absolute Gasteiger partial charge is 0.302 e. The van der Waals surface area contributed by atoms with E-state index >= 15 is 0 Å². The van der Waals surface area contributed by atoms with Crippen molar-refractivity contribution in [1.82, 2.24) is 0 Å². The minimum atomic E-state index is -0.319. The van der Waals surface area contributed by atoms with Gasteiger partial charge in [0.1, 0.15) is 0 Å². The number of ether oxygens (including phenoxy) is 1. The fourth-order valence-corrected chi connectivity index (χ4v) is 1.55. The van der Waals surface area contributed by atoms with Crippen LogP contribution in [0.25, 0.3) is 0 Å². The van der Waals surface area contributed by atoms with E-state index in [2.05, 4.69) is 5.32 Å². The lowest BCUT2D eigenvalue weighted by Gasteiger charge is -2.10. The van der Waals surface area contributed by atoms with E-state index in [0.29, 0.717) is 17.1 Å². The Balaban J connectivity index is 2.75. The first-order chi connectivity index (χ1) is 7.99. The number of hydrogen-bond donors (Lipinski definition) is 1. The van der Waals surface area contributed by atoms with Crippen molar-refractivity contribution in [1.29, 1.82) is 0 Å². The number of amides is 1. The van der Waals surface area contributed by atoms with Crippen LogP contribution in [0.2, 0.25) is 5.02 Å². The summed E-state index contributed by atoms with van der Waals surface area (Å²) in [5.74, 6) is -0.485. The number of carbonyl (C=O) groups is 2. The first kappa shape index (κ1) is 13.5. The van der Waals surface area contributed by atoms with Crippen LogP contribution in [-0.2, 0) is 20.7 Å². The maximum Gasteiger partial charge on any atom is 0.302 e. The molecule has 17 heavy (non-hydrogen) atoms. The van der Waals surface area contributed by atoms with E-state index in [1.165, 1.54) is 13.8 Å². The highest BCUT2D eigenvalue weighted by Gasteiger charge is 2.05. The van der Waals surface area contributed by atoms with Gasteiger partial charge < -0.3 is 10.1 Å². The minimum absolute atomic E-state index is 0.166. The summed E-state index contributed by atoms with van der Waals surface area (Å²) in [7, 11) is 0. The number of esters is 1. The standard InChI is InChI=1S/C12H14ClNO3/c1-8(15)14-12-7-11(13)4-3-10(12)5-6-17-9(2)16/h3-4,7H,5-6H2,1-2H3,(H,14,15). The van der Waals surface area contributed by atoms with Crippen LogP contribution in [-0.4, -0.2) is 18.5 Å². The summed E-state index contributed by atoms with van der Waals surface area (Å²) in [5.41, 5.74) is 1.53. The lowest BCUT2D eigenvalue weighted by Crippen LogP contribution is -2.10. The number of rotatable bonds is 4. The Kier molecular flexibility index (Phi) is 4.97. The molecule has 1 amide bonds. The van der Waals surface area contributed by atoms with E-state index in [-0.39, 0.29) is 18.5 Å². The molecular weight excluding hydrogens is 242 g/mol. The largest absolute Gasteiger partial charge is 0.466 e. The zero-order chi connectivity index (χ0) is 12.8. The maximum absolute atomic E-state index is 11.0. The average Bonchev–Trinajstić information content (AvgIpc) is 2.20. The maximum atomic E-state index is 11.0. The molecule has 0 atom stereocenters. The number of nitrogens with one attached hydrogen (secondary N) is 1. The molecule has 0 fully saturated rings. The SMILES string of the molecule is CC(=O)Nc1cc(Cl)ccc1CCOC(C)=O. The summed E-state index contributed by atoms with van der Waals surface area (Å²) in [4.78, 5) is 21.7. The van der Waals surface area contributed by atoms with Gasteiger partial charge in [-0.1, -0.05) is 17.7 Å². The average molecular weight is 256 g/mol. The zero-order valence-corrected chi connectivity index (χ0v) is 10.5. The highest BCUT2D eigenvalue weighted by atomic mass is 35.5. The Labute approximate surface area is 105 Å². The predicted octanol–water partition coefficient (Wildman–Crippen LogP) is 2.40. The summed E-state index contributed by atoms with van der Waals surface area (Å²) in [5, 5.41) is 3.23. The molecule has 0 bridgehead atoms. The summed E-state index contributed by atoms with van der Waals surface area (Å²) < 4.78 is 4.85. The number of halogens is 1. The van der Waals surface area contributed by atoms with E-state index in [4.69, 9.17) is 16.3 Å². The van der Waals surface area contributed by atoms with Gasteiger partial charge in [0.2, 0.25) is 5.91 Å². The first-order valence-electron chi connectivity index (χ1n) is 5.18.